The second-order valence-electron chi connectivity index (χ2n) is 11.6. The van der Waals surface area contributed by atoms with Crippen LogP contribution in [0.4, 0.5) is 5.69 Å². The van der Waals surface area contributed by atoms with Gasteiger partial charge >= 0.3 is 0 Å². The van der Waals surface area contributed by atoms with Gasteiger partial charge in [0.15, 0.2) is 0 Å². The van der Waals surface area contributed by atoms with Crippen molar-refractivity contribution in [3.8, 4) is 5.75 Å². The van der Waals surface area contributed by atoms with Gasteiger partial charge in [0.05, 0.1) is 57.0 Å². The van der Waals surface area contributed by atoms with Crippen LogP contribution in [0.25, 0.3) is 0 Å². The number of methoxy groups -OCH3 is 1. The summed E-state index contributed by atoms with van der Waals surface area (Å²) in [4.78, 5) is 2.38. The van der Waals surface area contributed by atoms with Gasteiger partial charge in [-0.3, -0.25) is 0 Å². The van der Waals surface area contributed by atoms with Gasteiger partial charge in [-0.15, -0.1) is 0 Å². The van der Waals surface area contributed by atoms with Crippen LogP contribution in [0.15, 0.2) is 42.5 Å². The maximum absolute atomic E-state index is 9.92. The van der Waals surface area contributed by atoms with E-state index < -0.39 is 6.10 Å². The van der Waals surface area contributed by atoms with Crippen molar-refractivity contribution in [2.75, 3.05) is 76.6 Å². The maximum atomic E-state index is 9.92. The Morgan fingerprint density at radius 1 is 1.02 bits per heavy atom. The Labute approximate surface area is 256 Å². The summed E-state index contributed by atoms with van der Waals surface area (Å²) in [7, 11) is 1.74. The summed E-state index contributed by atoms with van der Waals surface area (Å²) in [5.41, 5.74) is 4.58. The normalized spacial score (nSPS) is 21.9. The van der Waals surface area contributed by atoms with E-state index in [1.54, 1.807) is 14.0 Å². The van der Waals surface area contributed by atoms with Crippen LogP contribution in [0.1, 0.15) is 42.9 Å². The molecule has 234 valence electrons. The zero-order valence-electron chi connectivity index (χ0n) is 25.8. The highest BCUT2D eigenvalue weighted by atomic mass is 32.2. The molecule has 2 aromatic carbocycles. The van der Waals surface area contributed by atoms with Gasteiger partial charge in [-0.1, -0.05) is 37.3 Å². The van der Waals surface area contributed by atoms with E-state index in [9.17, 15) is 5.11 Å². The molecular formula is C33H50N2O6S. The molecular weight excluding hydrogens is 552 g/mol. The summed E-state index contributed by atoms with van der Waals surface area (Å²) >= 11 is 1.86. The van der Waals surface area contributed by atoms with Crippen molar-refractivity contribution in [2.45, 2.75) is 57.7 Å². The molecule has 8 nitrogen and oxygen atoms in total. The number of nitrogens with zero attached hydrogens (tertiary/aromatic N) is 1. The van der Waals surface area contributed by atoms with Crippen molar-refractivity contribution >= 4 is 17.4 Å². The van der Waals surface area contributed by atoms with Gasteiger partial charge in [-0.25, -0.2) is 0 Å². The second-order valence-corrected chi connectivity index (χ2v) is 12.5. The monoisotopic (exact) mass is 602 g/mol. The largest absolute Gasteiger partial charge is 0.490 e. The summed E-state index contributed by atoms with van der Waals surface area (Å²) in [6.45, 7) is 10.8. The summed E-state index contributed by atoms with van der Waals surface area (Å²) in [5, 5.41) is 13.4. The minimum Gasteiger partial charge on any atom is -0.490 e. The van der Waals surface area contributed by atoms with Crippen LogP contribution in [0.3, 0.4) is 0 Å². The number of rotatable bonds is 17. The zero-order valence-corrected chi connectivity index (χ0v) is 26.6. The highest BCUT2D eigenvalue weighted by molar-refractivity contribution is 7.98. The SMILES string of the molecule is COCCCN1CCOc2ccc(CO[C@H]3CNC[C@@H](OC[C@@H](C)O)[C@@H]3c3ccc(COC[C@@H](C)CSC)cc3)cc21. The molecule has 1 fully saturated rings. The molecule has 0 amide bonds. The van der Waals surface area contributed by atoms with Crippen LogP contribution in [-0.2, 0) is 32.2 Å². The van der Waals surface area contributed by atoms with E-state index in [1.165, 1.54) is 5.56 Å². The lowest BCUT2D eigenvalue weighted by Gasteiger charge is -2.39. The zero-order chi connectivity index (χ0) is 29.7. The molecule has 5 atom stereocenters. The van der Waals surface area contributed by atoms with E-state index in [4.69, 9.17) is 23.7 Å². The molecule has 1 saturated heterocycles. The number of thioether (sulfide) groups is 1. The number of fused-ring (bicyclic) bond motifs is 1. The quantitative estimate of drug-likeness (QED) is 0.255. The van der Waals surface area contributed by atoms with Crippen molar-refractivity contribution in [1.29, 1.82) is 0 Å². The van der Waals surface area contributed by atoms with Crippen LogP contribution in [0.5, 0.6) is 5.75 Å². The Morgan fingerprint density at radius 3 is 2.52 bits per heavy atom. The van der Waals surface area contributed by atoms with E-state index in [0.29, 0.717) is 38.9 Å². The van der Waals surface area contributed by atoms with Crippen molar-refractivity contribution < 1.29 is 28.8 Å². The van der Waals surface area contributed by atoms with Gasteiger partial charge in [-0.05, 0) is 60.1 Å². The van der Waals surface area contributed by atoms with Crippen molar-refractivity contribution in [2.24, 2.45) is 5.92 Å². The number of nitrogens with one attached hydrogen (secondary N) is 1. The molecule has 2 N–H and O–H groups in total. The first-order valence-corrected chi connectivity index (χ1v) is 16.6. The highest BCUT2D eigenvalue weighted by Crippen LogP contribution is 2.34. The fourth-order valence-electron chi connectivity index (χ4n) is 5.67. The number of benzene rings is 2. The summed E-state index contributed by atoms with van der Waals surface area (Å²) in [6, 6.07) is 15.0. The average molecular weight is 603 g/mol. The van der Waals surface area contributed by atoms with E-state index in [1.807, 2.05) is 11.8 Å². The third-order valence-corrected chi connectivity index (χ3v) is 8.66. The third kappa shape index (κ3) is 9.84. The van der Waals surface area contributed by atoms with Crippen LogP contribution >= 0.6 is 11.8 Å². The first-order chi connectivity index (χ1) is 20.5. The Kier molecular flexibility index (Phi) is 13.7. The number of hydrogen-bond acceptors (Lipinski definition) is 9. The van der Waals surface area contributed by atoms with Gasteiger partial charge in [0.1, 0.15) is 12.4 Å². The van der Waals surface area contributed by atoms with Gasteiger partial charge in [-0.2, -0.15) is 11.8 Å². The number of aliphatic hydroxyl groups is 1. The van der Waals surface area contributed by atoms with Gasteiger partial charge in [0, 0.05) is 39.3 Å². The molecule has 0 spiro atoms. The molecule has 0 radical (unpaired) electrons. The predicted molar refractivity (Wildman–Crippen MR) is 170 cm³/mol. The fraction of sp³-hybridized carbons (Fsp3) is 0.636. The first kappa shape index (κ1) is 33.1. The Hall–Kier alpha value is -1.85. The van der Waals surface area contributed by atoms with Gasteiger partial charge < -0.3 is 39.0 Å². The van der Waals surface area contributed by atoms with Crippen LogP contribution in [0.2, 0.25) is 0 Å². The molecule has 2 aliphatic heterocycles. The summed E-state index contributed by atoms with van der Waals surface area (Å²) in [6.07, 6.45) is 2.39. The molecule has 42 heavy (non-hydrogen) atoms. The fourth-order valence-corrected chi connectivity index (χ4v) is 6.33. The van der Waals surface area contributed by atoms with E-state index in [-0.39, 0.29) is 18.1 Å². The molecule has 0 aliphatic carbocycles. The predicted octanol–water partition coefficient (Wildman–Crippen LogP) is 4.48. The number of anilines is 1. The second kappa shape index (κ2) is 17.4. The molecule has 0 bridgehead atoms. The van der Waals surface area contributed by atoms with E-state index in [2.05, 4.69) is 65.9 Å². The van der Waals surface area contributed by atoms with Crippen LogP contribution < -0.4 is 15.0 Å². The van der Waals surface area contributed by atoms with Crippen LogP contribution in [0, 0.1) is 5.92 Å². The van der Waals surface area contributed by atoms with Gasteiger partial charge in [0.2, 0.25) is 0 Å². The number of hydrogen-bond donors (Lipinski definition) is 2. The first-order valence-electron chi connectivity index (χ1n) is 15.3. The number of aliphatic hydroxyl groups excluding tert-OH is 1. The lowest BCUT2D eigenvalue weighted by molar-refractivity contribution is -0.0752. The van der Waals surface area contributed by atoms with Crippen molar-refractivity contribution in [3.05, 3.63) is 59.2 Å². The molecule has 0 unspecified atom stereocenters. The molecule has 9 heteroatoms. The molecule has 0 aromatic heterocycles. The minimum absolute atomic E-state index is 0.0353. The lowest BCUT2D eigenvalue weighted by Crippen LogP contribution is -2.51. The average Bonchev–Trinajstić information content (AvgIpc) is 2.99. The van der Waals surface area contributed by atoms with Crippen molar-refractivity contribution in [1.82, 2.24) is 5.32 Å². The molecule has 2 aromatic rings. The summed E-state index contributed by atoms with van der Waals surface area (Å²) in [5.74, 6) is 2.61. The minimum atomic E-state index is -0.524. The number of piperidine rings is 1. The third-order valence-electron chi connectivity index (χ3n) is 7.75. The molecule has 4 rings (SSSR count). The lowest BCUT2D eigenvalue weighted by atomic mass is 9.85. The summed E-state index contributed by atoms with van der Waals surface area (Å²) < 4.78 is 30.0. The molecule has 2 aliphatic rings. The van der Waals surface area contributed by atoms with E-state index in [0.717, 1.165) is 67.6 Å². The standard InChI is InChI=1S/C33H50N2O6S/c1-24(23-42-4)19-38-21-26-6-9-28(10-7-26)33-31(40-20-25(2)36)17-34-18-32(33)41-22-27-8-11-30-29(16-27)35(13-15-39-30)12-5-14-37-3/h6-11,16,24-25,31-34,36H,5,12-15,17-23H2,1-4H3/t24-,25-,31-,32+,33+/m1/s1. The number of ether oxygens (including phenoxy) is 5. The van der Waals surface area contributed by atoms with Gasteiger partial charge in [0.25, 0.3) is 0 Å². The topological polar surface area (TPSA) is 81.7 Å². The highest BCUT2D eigenvalue weighted by Gasteiger charge is 2.36. The maximum Gasteiger partial charge on any atom is 0.142 e. The molecule has 2 heterocycles. The van der Waals surface area contributed by atoms with Crippen LogP contribution in [-0.4, -0.2) is 95.1 Å². The smallest absolute Gasteiger partial charge is 0.142 e. The Morgan fingerprint density at radius 2 is 1.79 bits per heavy atom. The molecule has 0 saturated carbocycles. The van der Waals surface area contributed by atoms with Crippen molar-refractivity contribution in [3.63, 3.8) is 0 Å². The Balaban J connectivity index is 1.44. The Bertz CT molecular complexity index is 1060. The van der Waals surface area contributed by atoms with E-state index >= 15 is 0 Å².